The van der Waals surface area contributed by atoms with Crippen LogP contribution in [-0.2, 0) is 9.53 Å². The van der Waals surface area contributed by atoms with Crippen LogP contribution in [0.5, 0.6) is 0 Å². The Hall–Kier alpha value is -3.43. The van der Waals surface area contributed by atoms with E-state index in [2.05, 4.69) is 4.98 Å². The van der Waals surface area contributed by atoms with Gasteiger partial charge in [-0.2, -0.15) is 0 Å². The molecule has 0 radical (unpaired) electrons. The number of anilines is 1. The summed E-state index contributed by atoms with van der Waals surface area (Å²) in [5, 5.41) is 1.67. The van der Waals surface area contributed by atoms with Crippen LogP contribution in [0.2, 0.25) is 0 Å². The Balaban J connectivity index is 1.73. The number of carbonyl (C=O) groups excluding carboxylic acids is 2. The first-order valence-corrected chi connectivity index (χ1v) is 7.46. The second-order valence-corrected chi connectivity index (χ2v) is 5.41. The lowest BCUT2D eigenvalue weighted by molar-refractivity contribution is -0.123. The van der Waals surface area contributed by atoms with Gasteiger partial charge in [-0.15, -0.1) is 0 Å². The van der Waals surface area contributed by atoms with E-state index in [1.54, 1.807) is 5.32 Å². The summed E-state index contributed by atoms with van der Waals surface area (Å²) in [6, 6.07) is 4.19. The highest BCUT2D eigenvalue weighted by Crippen LogP contribution is 2.24. The fraction of sp³-hybridized carbons (Fsp3) is 0.118. The molecule has 1 heterocycles. The van der Waals surface area contributed by atoms with Crippen molar-refractivity contribution >= 4 is 28.7 Å². The number of esters is 1. The number of amides is 1. The van der Waals surface area contributed by atoms with Crippen LogP contribution < -0.4 is 5.32 Å². The molecular weight excluding hydrogens is 372 g/mol. The van der Waals surface area contributed by atoms with E-state index in [-0.39, 0.29) is 11.6 Å². The van der Waals surface area contributed by atoms with Crippen LogP contribution in [0.1, 0.15) is 17.3 Å². The molecule has 0 saturated heterocycles. The molecule has 0 saturated carbocycles. The largest absolute Gasteiger partial charge is 0.449 e. The normalized spacial score (nSPS) is 12.0. The molecule has 0 spiro atoms. The molecule has 3 aromatic rings. The van der Waals surface area contributed by atoms with Crippen LogP contribution >= 0.6 is 0 Å². The predicted molar refractivity (Wildman–Crippen MR) is 83.8 cm³/mol. The minimum absolute atomic E-state index is 0.00339. The minimum Gasteiger partial charge on any atom is -0.449 e. The van der Waals surface area contributed by atoms with E-state index in [4.69, 9.17) is 9.15 Å². The molecule has 0 aliphatic heterocycles. The number of nitrogens with one attached hydrogen (secondary N) is 1. The van der Waals surface area contributed by atoms with Crippen molar-refractivity contribution in [1.82, 2.24) is 4.98 Å². The molecule has 1 atom stereocenters. The number of hydrogen-bond acceptors (Lipinski definition) is 5. The van der Waals surface area contributed by atoms with Crippen LogP contribution in [-0.4, -0.2) is 23.0 Å². The van der Waals surface area contributed by atoms with Gasteiger partial charge in [0.2, 0.25) is 0 Å². The van der Waals surface area contributed by atoms with E-state index < -0.39 is 46.9 Å². The zero-order valence-corrected chi connectivity index (χ0v) is 13.6. The first kappa shape index (κ1) is 18.4. The first-order chi connectivity index (χ1) is 12.8. The van der Waals surface area contributed by atoms with Crippen LogP contribution in [0.3, 0.4) is 0 Å². The molecule has 1 aromatic heterocycles. The molecule has 27 heavy (non-hydrogen) atoms. The van der Waals surface area contributed by atoms with Crippen molar-refractivity contribution in [1.29, 1.82) is 0 Å². The van der Waals surface area contributed by atoms with Crippen LogP contribution in [0, 0.1) is 23.3 Å². The van der Waals surface area contributed by atoms with Crippen molar-refractivity contribution < 1.29 is 36.3 Å². The van der Waals surface area contributed by atoms with Crippen molar-refractivity contribution in [2.45, 2.75) is 13.0 Å². The first-order valence-electron chi connectivity index (χ1n) is 7.46. The number of fused-ring (bicyclic) bond motifs is 1. The molecule has 3 rings (SSSR count). The highest BCUT2D eigenvalue weighted by Gasteiger charge is 2.25. The van der Waals surface area contributed by atoms with Gasteiger partial charge >= 0.3 is 5.97 Å². The van der Waals surface area contributed by atoms with E-state index in [1.807, 2.05) is 0 Å². The average molecular weight is 382 g/mol. The van der Waals surface area contributed by atoms with Crippen molar-refractivity contribution in [3.63, 3.8) is 0 Å². The number of rotatable bonds is 4. The van der Waals surface area contributed by atoms with E-state index in [1.165, 1.54) is 24.6 Å². The number of ether oxygens (including phenoxy) is 1. The van der Waals surface area contributed by atoms with Gasteiger partial charge in [0.05, 0.1) is 5.56 Å². The number of carbonyl (C=O) groups is 2. The Morgan fingerprint density at radius 1 is 1.11 bits per heavy atom. The van der Waals surface area contributed by atoms with E-state index in [9.17, 15) is 27.2 Å². The fourth-order valence-electron chi connectivity index (χ4n) is 2.17. The van der Waals surface area contributed by atoms with Crippen molar-refractivity contribution in [2.75, 3.05) is 5.32 Å². The summed E-state index contributed by atoms with van der Waals surface area (Å²) >= 11 is 0. The molecule has 0 bridgehead atoms. The fourth-order valence-corrected chi connectivity index (χ4v) is 2.17. The predicted octanol–water partition coefficient (Wildman–Crippen LogP) is 3.57. The van der Waals surface area contributed by atoms with Crippen molar-refractivity contribution in [3.8, 4) is 0 Å². The molecule has 0 aliphatic rings. The monoisotopic (exact) mass is 382 g/mol. The van der Waals surface area contributed by atoms with Gasteiger partial charge in [0.25, 0.3) is 5.91 Å². The summed E-state index contributed by atoms with van der Waals surface area (Å²) in [5.74, 6) is -9.05. The van der Waals surface area contributed by atoms with Gasteiger partial charge in [0.1, 0.15) is 11.2 Å². The Kier molecular flexibility index (Phi) is 4.80. The highest BCUT2D eigenvalue weighted by molar-refractivity contribution is 5.98. The van der Waals surface area contributed by atoms with Gasteiger partial charge in [0.15, 0.2) is 41.3 Å². The van der Waals surface area contributed by atoms with Gasteiger partial charge in [-0.05, 0) is 25.1 Å². The van der Waals surface area contributed by atoms with Gasteiger partial charge < -0.3 is 14.5 Å². The molecule has 0 aliphatic carbocycles. The Morgan fingerprint density at radius 3 is 2.44 bits per heavy atom. The van der Waals surface area contributed by atoms with Crippen LogP contribution in [0.25, 0.3) is 11.1 Å². The molecule has 0 fully saturated rings. The SMILES string of the molecule is CC(OC(=O)c1ccc2ncoc2c1)C(=O)Nc1c(F)c(F)cc(F)c1F. The second-order valence-electron chi connectivity index (χ2n) is 5.41. The quantitative estimate of drug-likeness (QED) is 0.424. The number of benzene rings is 2. The topological polar surface area (TPSA) is 81.4 Å². The maximum absolute atomic E-state index is 13.6. The molecule has 1 N–H and O–H groups in total. The molecule has 2 aromatic carbocycles. The molecule has 10 heteroatoms. The van der Waals surface area contributed by atoms with Gasteiger partial charge in [-0.3, -0.25) is 4.79 Å². The summed E-state index contributed by atoms with van der Waals surface area (Å²) in [7, 11) is 0. The lowest BCUT2D eigenvalue weighted by atomic mass is 10.2. The van der Waals surface area contributed by atoms with Gasteiger partial charge in [0, 0.05) is 6.07 Å². The number of oxazole rings is 1. The van der Waals surface area contributed by atoms with Crippen LogP contribution in [0.15, 0.2) is 35.1 Å². The number of nitrogens with zero attached hydrogens (tertiary/aromatic N) is 1. The molecule has 1 unspecified atom stereocenters. The molecule has 1 amide bonds. The number of aromatic nitrogens is 1. The number of halogens is 4. The summed E-state index contributed by atoms with van der Waals surface area (Å²) in [6.07, 6.45) is -0.343. The third-order valence-corrected chi connectivity index (χ3v) is 3.58. The summed E-state index contributed by atoms with van der Waals surface area (Å²) in [5.41, 5.74) is -0.478. The average Bonchev–Trinajstić information content (AvgIpc) is 3.11. The maximum Gasteiger partial charge on any atom is 0.339 e. The smallest absolute Gasteiger partial charge is 0.339 e. The standard InChI is InChI=1S/C17H10F4N2O4/c1-7(16(24)23-15-13(20)9(18)5-10(19)14(15)21)27-17(25)8-2-3-11-12(4-8)26-6-22-11/h2-7H,1H3,(H,23,24). The Morgan fingerprint density at radius 2 is 1.78 bits per heavy atom. The van der Waals surface area contributed by atoms with E-state index in [0.717, 1.165) is 6.92 Å². The minimum atomic E-state index is -1.78. The summed E-state index contributed by atoms with van der Waals surface area (Å²) in [4.78, 5) is 27.9. The third kappa shape index (κ3) is 3.59. The third-order valence-electron chi connectivity index (χ3n) is 3.58. The molecule has 6 nitrogen and oxygen atoms in total. The lowest BCUT2D eigenvalue weighted by Gasteiger charge is -2.14. The summed E-state index contributed by atoms with van der Waals surface area (Å²) < 4.78 is 63.5. The van der Waals surface area contributed by atoms with Gasteiger partial charge in [-0.25, -0.2) is 27.3 Å². The molecule has 140 valence electrons. The van der Waals surface area contributed by atoms with Crippen molar-refractivity contribution in [3.05, 3.63) is 59.5 Å². The molecular formula is C17H10F4N2O4. The second kappa shape index (κ2) is 7.06. The maximum atomic E-state index is 13.6. The Labute approximate surface area is 148 Å². The van der Waals surface area contributed by atoms with E-state index >= 15 is 0 Å². The van der Waals surface area contributed by atoms with Crippen molar-refractivity contribution in [2.24, 2.45) is 0 Å². The summed E-state index contributed by atoms with van der Waals surface area (Å²) in [6.45, 7) is 1.12. The number of hydrogen-bond donors (Lipinski definition) is 1. The lowest BCUT2D eigenvalue weighted by Crippen LogP contribution is -2.31. The zero-order valence-electron chi connectivity index (χ0n) is 13.6. The Bertz CT molecular complexity index is 1020. The van der Waals surface area contributed by atoms with Gasteiger partial charge in [-0.1, -0.05) is 0 Å². The van der Waals surface area contributed by atoms with Crippen LogP contribution in [0.4, 0.5) is 23.2 Å². The zero-order chi connectivity index (χ0) is 19.7. The highest BCUT2D eigenvalue weighted by atomic mass is 19.2. The van der Waals surface area contributed by atoms with E-state index in [0.29, 0.717) is 11.1 Å².